The molecule has 1 amide bonds. The number of hydrogen-bond donors (Lipinski definition) is 2. The summed E-state index contributed by atoms with van der Waals surface area (Å²) in [7, 11) is 0. The number of nitrogens with zero attached hydrogens (tertiary/aromatic N) is 1. The number of carbonyl (C=O) groups excluding carboxylic acids is 1. The SMILES string of the molecule is Cc1ccnc(C(=O)NC2C[C@H](C)O[C@@](C)(Cc3ccccc3)C2)c1O. The second-order valence-corrected chi connectivity index (χ2v) is 7.48. The van der Waals surface area contributed by atoms with Crippen molar-refractivity contribution in [2.45, 2.75) is 57.8 Å². The molecule has 0 bridgehead atoms. The van der Waals surface area contributed by atoms with Gasteiger partial charge in [0.15, 0.2) is 5.69 Å². The Hall–Kier alpha value is -2.40. The van der Waals surface area contributed by atoms with E-state index >= 15 is 0 Å². The summed E-state index contributed by atoms with van der Waals surface area (Å²) in [6.07, 6.45) is 3.82. The monoisotopic (exact) mass is 354 g/mol. The van der Waals surface area contributed by atoms with Crippen molar-refractivity contribution < 1.29 is 14.6 Å². The van der Waals surface area contributed by atoms with Gasteiger partial charge in [-0.05, 0) is 50.8 Å². The molecule has 1 aromatic carbocycles. The number of carbonyl (C=O) groups is 1. The van der Waals surface area contributed by atoms with Crippen molar-refractivity contribution >= 4 is 5.91 Å². The van der Waals surface area contributed by atoms with Crippen molar-refractivity contribution in [3.05, 3.63) is 59.4 Å². The van der Waals surface area contributed by atoms with Crippen LogP contribution in [0.25, 0.3) is 0 Å². The number of hydrogen-bond acceptors (Lipinski definition) is 4. The zero-order valence-corrected chi connectivity index (χ0v) is 15.5. The molecule has 0 spiro atoms. The maximum Gasteiger partial charge on any atom is 0.273 e. The van der Waals surface area contributed by atoms with E-state index in [9.17, 15) is 9.90 Å². The van der Waals surface area contributed by atoms with Gasteiger partial charge >= 0.3 is 0 Å². The molecule has 2 heterocycles. The molecular weight excluding hydrogens is 328 g/mol. The van der Waals surface area contributed by atoms with E-state index in [1.165, 1.54) is 11.8 Å². The molecule has 3 atom stereocenters. The zero-order valence-electron chi connectivity index (χ0n) is 15.5. The van der Waals surface area contributed by atoms with Crippen molar-refractivity contribution in [2.24, 2.45) is 0 Å². The Morgan fingerprint density at radius 2 is 2.08 bits per heavy atom. The van der Waals surface area contributed by atoms with Crippen LogP contribution in [0.1, 0.15) is 48.3 Å². The van der Waals surface area contributed by atoms with Crippen LogP contribution >= 0.6 is 0 Å². The van der Waals surface area contributed by atoms with Gasteiger partial charge in [-0.15, -0.1) is 0 Å². The fourth-order valence-corrected chi connectivity index (χ4v) is 3.81. The lowest BCUT2D eigenvalue weighted by molar-refractivity contribution is -0.118. The third-order valence-electron chi connectivity index (χ3n) is 4.88. The van der Waals surface area contributed by atoms with Crippen LogP contribution in [-0.4, -0.2) is 33.7 Å². The summed E-state index contributed by atoms with van der Waals surface area (Å²) in [5, 5.41) is 13.1. The Bertz CT molecular complexity index is 778. The molecule has 3 rings (SSSR count). The number of benzene rings is 1. The first kappa shape index (κ1) is 18.4. The average Bonchev–Trinajstić information content (AvgIpc) is 2.56. The largest absolute Gasteiger partial charge is 0.505 e. The minimum atomic E-state index is -0.348. The zero-order chi connectivity index (χ0) is 18.7. The van der Waals surface area contributed by atoms with E-state index in [0.29, 0.717) is 12.0 Å². The molecule has 1 aliphatic heterocycles. The number of aryl methyl sites for hydroxylation is 1. The predicted octanol–water partition coefficient (Wildman–Crippen LogP) is 3.39. The van der Waals surface area contributed by atoms with Crippen LogP contribution in [0.5, 0.6) is 5.75 Å². The molecule has 0 radical (unpaired) electrons. The number of aromatic hydroxyl groups is 1. The van der Waals surface area contributed by atoms with Crippen molar-refractivity contribution in [3.8, 4) is 5.75 Å². The molecule has 1 aromatic heterocycles. The van der Waals surface area contributed by atoms with E-state index < -0.39 is 0 Å². The molecule has 0 aliphatic carbocycles. The molecule has 1 aliphatic rings. The van der Waals surface area contributed by atoms with E-state index in [0.717, 1.165) is 12.8 Å². The average molecular weight is 354 g/mol. The number of rotatable bonds is 4. The Balaban J connectivity index is 1.72. The van der Waals surface area contributed by atoms with Gasteiger partial charge in [0.25, 0.3) is 5.91 Å². The van der Waals surface area contributed by atoms with Crippen molar-refractivity contribution in [1.29, 1.82) is 0 Å². The highest BCUT2D eigenvalue weighted by molar-refractivity contribution is 5.95. The standard InChI is InChI=1S/C21H26N2O3/c1-14-9-10-22-18(19(14)24)20(25)23-17-11-15(2)26-21(3,13-17)12-16-7-5-4-6-8-16/h4-10,15,17,24H,11-13H2,1-3H3,(H,23,25)/t15-,17?,21-/m0/s1. The van der Waals surface area contributed by atoms with Crippen LogP contribution < -0.4 is 5.32 Å². The third-order valence-corrected chi connectivity index (χ3v) is 4.88. The minimum absolute atomic E-state index is 0.0262. The number of pyridine rings is 1. The Kier molecular flexibility index (Phi) is 5.28. The molecule has 1 saturated heterocycles. The molecule has 5 heteroatoms. The van der Waals surface area contributed by atoms with Crippen LogP contribution in [0.2, 0.25) is 0 Å². The quantitative estimate of drug-likeness (QED) is 0.883. The lowest BCUT2D eigenvalue weighted by atomic mass is 9.84. The summed E-state index contributed by atoms with van der Waals surface area (Å²) in [6, 6.07) is 11.9. The van der Waals surface area contributed by atoms with Gasteiger partial charge in [-0.25, -0.2) is 4.98 Å². The Morgan fingerprint density at radius 3 is 2.81 bits per heavy atom. The highest BCUT2D eigenvalue weighted by Gasteiger charge is 2.37. The van der Waals surface area contributed by atoms with Crippen LogP contribution in [0.3, 0.4) is 0 Å². The summed E-state index contributed by atoms with van der Waals surface area (Å²) < 4.78 is 6.22. The molecule has 2 aromatic rings. The molecule has 138 valence electrons. The molecule has 2 N–H and O–H groups in total. The second kappa shape index (κ2) is 7.46. The van der Waals surface area contributed by atoms with E-state index in [1.54, 1.807) is 13.0 Å². The summed E-state index contributed by atoms with van der Waals surface area (Å²) in [6.45, 7) is 5.88. The van der Waals surface area contributed by atoms with Crippen LogP contribution in [0.15, 0.2) is 42.6 Å². The van der Waals surface area contributed by atoms with Gasteiger partial charge in [0.05, 0.1) is 11.7 Å². The summed E-state index contributed by atoms with van der Waals surface area (Å²) >= 11 is 0. The molecule has 0 saturated carbocycles. The van der Waals surface area contributed by atoms with Gasteiger partial charge in [0, 0.05) is 18.7 Å². The van der Waals surface area contributed by atoms with E-state index in [4.69, 9.17) is 4.74 Å². The fourth-order valence-electron chi connectivity index (χ4n) is 3.81. The highest BCUT2D eigenvalue weighted by Crippen LogP contribution is 2.32. The van der Waals surface area contributed by atoms with Crippen LogP contribution in [0, 0.1) is 6.92 Å². The van der Waals surface area contributed by atoms with Crippen molar-refractivity contribution in [3.63, 3.8) is 0 Å². The molecule has 26 heavy (non-hydrogen) atoms. The first-order chi connectivity index (χ1) is 12.4. The topological polar surface area (TPSA) is 71.5 Å². The van der Waals surface area contributed by atoms with E-state index in [1.807, 2.05) is 25.1 Å². The number of amides is 1. The van der Waals surface area contributed by atoms with Gasteiger partial charge in [0.2, 0.25) is 0 Å². The van der Waals surface area contributed by atoms with E-state index in [-0.39, 0.29) is 35.1 Å². The lowest BCUT2D eigenvalue weighted by Gasteiger charge is -2.42. The summed E-state index contributed by atoms with van der Waals surface area (Å²) in [5.74, 6) is -0.399. The van der Waals surface area contributed by atoms with Crippen molar-refractivity contribution in [1.82, 2.24) is 10.3 Å². The normalized spacial score (nSPS) is 25.7. The second-order valence-electron chi connectivity index (χ2n) is 7.48. The molecule has 1 unspecified atom stereocenters. The maximum atomic E-state index is 12.6. The maximum absolute atomic E-state index is 12.6. The number of nitrogens with one attached hydrogen (secondary N) is 1. The summed E-state index contributed by atoms with van der Waals surface area (Å²) in [5.41, 5.74) is 1.58. The molecule has 1 fully saturated rings. The highest BCUT2D eigenvalue weighted by atomic mass is 16.5. The Labute approximate surface area is 154 Å². The first-order valence-corrected chi connectivity index (χ1v) is 9.03. The van der Waals surface area contributed by atoms with Gasteiger partial charge in [-0.3, -0.25) is 4.79 Å². The lowest BCUT2D eigenvalue weighted by Crippen LogP contribution is -2.50. The number of aromatic nitrogens is 1. The minimum Gasteiger partial charge on any atom is -0.505 e. The Morgan fingerprint density at radius 1 is 1.35 bits per heavy atom. The third kappa shape index (κ3) is 4.22. The molecule has 5 nitrogen and oxygen atoms in total. The van der Waals surface area contributed by atoms with Gasteiger partial charge in [-0.1, -0.05) is 30.3 Å². The van der Waals surface area contributed by atoms with Crippen LogP contribution in [-0.2, 0) is 11.2 Å². The van der Waals surface area contributed by atoms with Crippen molar-refractivity contribution in [2.75, 3.05) is 0 Å². The van der Waals surface area contributed by atoms with Crippen LogP contribution in [0.4, 0.5) is 0 Å². The van der Waals surface area contributed by atoms with Gasteiger partial charge in [-0.2, -0.15) is 0 Å². The van der Waals surface area contributed by atoms with E-state index in [2.05, 4.69) is 29.4 Å². The smallest absolute Gasteiger partial charge is 0.273 e. The first-order valence-electron chi connectivity index (χ1n) is 9.03. The number of ether oxygens (including phenoxy) is 1. The van der Waals surface area contributed by atoms with Gasteiger partial charge in [0.1, 0.15) is 5.75 Å². The predicted molar refractivity (Wildman–Crippen MR) is 100 cm³/mol. The fraction of sp³-hybridized carbons (Fsp3) is 0.429. The van der Waals surface area contributed by atoms with Gasteiger partial charge < -0.3 is 15.2 Å². The summed E-state index contributed by atoms with van der Waals surface area (Å²) in [4.78, 5) is 16.6. The molecular formula is C21H26N2O3.